The zero-order valence-corrected chi connectivity index (χ0v) is 8.32. The summed E-state index contributed by atoms with van der Waals surface area (Å²) in [6.07, 6.45) is 3.55. The number of unbranched alkanes of at least 4 members (excludes halogenated alkanes) is 2. The summed E-state index contributed by atoms with van der Waals surface area (Å²) >= 11 is 0. The Morgan fingerprint density at radius 3 is 2.80 bits per heavy atom. The molecule has 6 heteroatoms. The zero-order valence-electron chi connectivity index (χ0n) is 8.32. The number of aromatic nitrogens is 2. The van der Waals surface area contributed by atoms with Crippen molar-refractivity contribution in [3.8, 4) is 0 Å². The lowest BCUT2D eigenvalue weighted by Gasteiger charge is -1.99. The molecule has 3 N–H and O–H groups in total. The summed E-state index contributed by atoms with van der Waals surface area (Å²) in [4.78, 5) is 10.6. The van der Waals surface area contributed by atoms with Gasteiger partial charge in [0.1, 0.15) is 0 Å². The maximum absolute atomic E-state index is 11.8. The number of carboxylic acids is 1. The molecule has 1 aromatic heterocycles. The Balaban J connectivity index is 2.48. The van der Waals surface area contributed by atoms with Gasteiger partial charge in [-0.15, -0.1) is 0 Å². The number of hydrogen-bond acceptors (Lipinski definition) is 3. The quantitative estimate of drug-likeness (QED) is 0.701. The number of aryl methyl sites for hydroxylation is 1. The summed E-state index contributed by atoms with van der Waals surface area (Å²) in [5.74, 6) is -1.13. The molecule has 0 fully saturated rings. The molecule has 5 nitrogen and oxygen atoms in total. The molecule has 0 unspecified atom stereocenters. The van der Waals surface area contributed by atoms with E-state index >= 15 is 0 Å². The van der Waals surface area contributed by atoms with Crippen molar-refractivity contribution in [3.63, 3.8) is 0 Å². The van der Waals surface area contributed by atoms with Crippen LogP contribution in [0, 0.1) is 0 Å². The van der Waals surface area contributed by atoms with Gasteiger partial charge < -0.3 is 10.8 Å². The van der Waals surface area contributed by atoms with Crippen molar-refractivity contribution >= 4 is 11.7 Å². The Bertz CT molecular complexity index is 338. The van der Waals surface area contributed by atoms with E-state index in [1.807, 2.05) is 0 Å². The fraction of sp³-hybridized carbons (Fsp3) is 0.556. The first-order valence-corrected chi connectivity index (χ1v) is 4.77. The molecular formula is C9H14FN3O2. The molecule has 0 aliphatic heterocycles. The second-order valence-corrected chi connectivity index (χ2v) is 3.25. The van der Waals surface area contributed by atoms with Crippen LogP contribution in [-0.2, 0) is 6.54 Å². The number of hydrogen-bond donors (Lipinski definition) is 2. The van der Waals surface area contributed by atoms with Crippen LogP contribution in [0.4, 0.5) is 10.1 Å². The van der Waals surface area contributed by atoms with E-state index in [1.54, 1.807) is 0 Å². The van der Waals surface area contributed by atoms with Crippen molar-refractivity contribution in [2.75, 3.05) is 12.4 Å². The molecule has 0 aliphatic carbocycles. The summed E-state index contributed by atoms with van der Waals surface area (Å²) in [6.45, 7) is 0.249. The monoisotopic (exact) mass is 215 g/mol. The molecule has 15 heavy (non-hydrogen) atoms. The third-order valence-corrected chi connectivity index (χ3v) is 2.01. The first-order chi connectivity index (χ1) is 7.15. The third kappa shape index (κ3) is 3.23. The molecule has 1 aromatic rings. The van der Waals surface area contributed by atoms with E-state index in [0.717, 1.165) is 12.8 Å². The summed E-state index contributed by atoms with van der Waals surface area (Å²) in [5, 5.41) is 12.5. The Morgan fingerprint density at radius 2 is 2.27 bits per heavy atom. The van der Waals surface area contributed by atoms with Crippen LogP contribution < -0.4 is 5.73 Å². The third-order valence-electron chi connectivity index (χ3n) is 2.01. The molecule has 1 heterocycles. The van der Waals surface area contributed by atoms with Crippen LogP contribution in [0.3, 0.4) is 0 Å². The van der Waals surface area contributed by atoms with Gasteiger partial charge in [0.15, 0.2) is 5.69 Å². The average molecular weight is 215 g/mol. The van der Waals surface area contributed by atoms with Gasteiger partial charge in [-0.25, -0.2) is 4.79 Å². The van der Waals surface area contributed by atoms with Crippen LogP contribution >= 0.6 is 0 Å². The minimum absolute atomic E-state index is 0.125. The van der Waals surface area contributed by atoms with Gasteiger partial charge in [0.25, 0.3) is 0 Å². The van der Waals surface area contributed by atoms with Gasteiger partial charge in [-0.05, 0) is 19.3 Å². The lowest BCUT2D eigenvalue weighted by atomic mass is 10.2. The number of aromatic carboxylic acids is 1. The highest BCUT2D eigenvalue weighted by molar-refractivity contribution is 5.91. The van der Waals surface area contributed by atoms with E-state index in [2.05, 4.69) is 5.10 Å². The highest BCUT2D eigenvalue weighted by Gasteiger charge is 2.12. The number of carbonyl (C=O) groups is 1. The number of rotatable bonds is 6. The van der Waals surface area contributed by atoms with Crippen molar-refractivity contribution in [1.82, 2.24) is 9.78 Å². The first kappa shape index (κ1) is 11.5. The van der Waals surface area contributed by atoms with Crippen molar-refractivity contribution in [2.45, 2.75) is 25.8 Å². The molecule has 0 amide bonds. The highest BCUT2D eigenvalue weighted by atomic mass is 19.1. The Hall–Kier alpha value is -1.59. The van der Waals surface area contributed by atoms with Crippen LogP contribution in [0.1, 0.15) is 29.8 Å². The van der Waals surface area contributed by atoms with Gasteiger partial charge in [0.05, 0.1) is 12.4 Å². The van der Waals surface area contributed by atoms with Crippen LogP contribution in [0.2, 0.25) is 0 Å². The first-order valence-electron chi connectivity index (χ1n) is 4.77. The van der Waals surface area contributed by atoms with E-state index in [0.29, 0.717) is 13.0 Å². The molecule has 0 aromatic carbocycles. The van der Waals surface area contributed by atoms with Crippen LogP contribution in [0.25, 0.3) is 0 Å². The lowest BCUT2D eigenvalue weighted by molar-refractivity contribution is 0.0690. The number of alkyl halides is 1. The molecule has 84 valence electrons. The van der Waals surface area contributed by atoms with E-state index in [4.69, 9.17) is 10.8 Å². The van der Waals surface area contributed by atoms with Gasteiger partial charge in [-0.1, -0.05) is 0 Å². The molecule has 0 spiro atoms. The second-order valence-electron chi connectivity index (χ2n) is 3.25. The maximum Gasteiger partial charge on any atom is 0.358 e. The fourth-order valence-corrected chi connectivity index (χ4v) is 1.26. The maximum atomic E-state index is 11.8. The molecule has 0 aliphatic rings. The normalized spacial score (nSPS) is 10.5. The zero-order chi connectivity index (χ0) is 11.3. The van der Waals surface area contributed by atoms with E-state index in [-0.39, 0.29) is 18.1 Å². The Kier molecular flexibility index (Phi) is 4.08. The number of halogens is 1. The molecule has 0 atom stereocenters. The second kappa shape index (κ2) is 5.33. The van der Waals surface area contributed by atoms with Crippen LogP contribution in [0.15, 0.2) is 6.20 Å². The average Bonchev–Trinajstić information content (AvgIpc) is 2.55. The van der Waals surface area contributed by atoms with E-state index in [1.165, 1.54) is 10.9 Å². The number of carboxylic acid groups (broad SMARTS) is 1. The number of nitrogen functional groups attached to an aromatic ring is 1. The smallest absolute Gasteiger partial charge is 0.358 e. The molecular weight excluding hydrogens is 201 g/mol. The molecule has 0 saturated heterocycles. The standard InChI is InChI=1S/C9H14FN3O2/c10-4-2-1-3-5-13-6-7(11)8(12-13)9(14)15/h6H,1-5,11H2,(H,14,15). The van der Waals surface area contributed by atoms with Crippen LogP contribution in [-0.4, -0.2) is 27.5 Å². The minimum atomic E-state index is -1.13. The number of nitrogens with zero attached hydrogens (tertiary/aromatic N) is 2. The molecule has 1 rings (SSSR count). The van der Waals surface area contributed by atoms with Crippen molar-refractivity contribution < 1.29 is 14.3 Å². The van der Waals surface area contributed by atoms with Gasteiger partial charge in [0, 0.05) is 12.7 Å². The molecule has 0 radical (unpaired) electrons. The SMILES string of the molecule is Nc1cn(CCCCCF)nc1C(=O)O. The van der Waals surface area contributed by atoms with Gasteiger partial charge in [0.2, 0.25) is 0 Å². The summed E-state index contributed by atoms with van der Waals surface area (Å²) in [7, 11) is 0. The summed E-state index contributed by atoms with van der Waals surface area (Å²) < 4.78 is 13.3. The Morgan fingerprint density at radius 1 is 1.53 bits per heavy atom. The lowest BCUT2D eigenvalue weighted by Crippen LogP contribution is -2.04. The summed E-state index contributed by atoms with van der Waals surface area (Å²) in [5.41, 5.74) is 5.48. The van der Waals surface area contributed by atoms with Gasteiger partial charge in [-0.3, -0.25) is 9.07 Å². The van der Waals surface area contributed by atoms with E-state index in [9.17, 15) is 9.18 Å². The van der Waals surface area contributed by atoms with Crippen LogP contribution in [0.5, 0.6) is 0 Å². The Labute approximate surface area is 86.7 Å². The minimum Gasteiger partial charge on any atom is -0.476 e. The van der Waals surface area contributed by atoms with Gasteiger partial charge >= 0.3 is 5.97 Å². The molecule has 0 saturated carbocycles. The number of anilines is 1. The fourth-order valence-electron chi connectivity index (χ4n) is 1.26. The predicted octanol–water partition coefficient (Wildman–Crippen LogP) is 1.30. The molecule has 0 bridgehead atoms. The largest absolute Gasteiger partial charge is 0.476 e. The van der Waals surface area contributed by atoms with Gasteiger partial charge in [-0.2, -0.15) is 5.10 Å². The highest BCUT2D eigenvalue weighted by Crippen LogP contribution is 2.09. The predicted molar refractivity (Wildman–Crippen MR) is 53.4 cm³/mol. The number of nitrogens with two attached hydrogens (primary N) is 1. The van der Waals surface area contributed by atoms with Crippen molar-refractivity contribution in [2.24, 2.45) is 0 Å². The topological polar surface area (TPSA) is 81.1 Å². The summed E-state index contributed by atoms with van der Waals surface area (Å²) in [6, 6.07) is 0. The van der Waals surface area contributed by atoms with Crippen molar-refractivity contribution in [1.29, 1.82) is 0 Å². The van der Waals surface area contributed by atoms with Crippen molar-refractivity contribution in [3.05, 3.63) is 11.9 Å². The van der Waals surface area contributed by atoms with E-state index < -0.39 is 5.97 Å².